The second kappa shape index (κ2) is 7.17. The molecule has 1 fully saturated rings. The van der Waals surface area contributed by atoms with E-state index in [4.69, 9.17) is 15.2 Å². The topological polar surface area (TPSA) is 47.7 Å². The van der Waals surface area contributed by atoms with Gasteiger partial charge < -0.3 is 20.1 Å². The number of hydrogen-bond donors (Lipinski definition) is 1. The highest BCUT2D eigenvalue weighted by molar-refractivity contribution is 4.76. The molecule has 0 aromatic carbocycles. The first-order valence-corrected chi connectivity index (χ1v) is 5.79. The molecule has 1 aliphatic rings. The Morgan fingerprint density at radius 2 is 2.13 bits per heavy atom. The third-order valence-electron chi connectivity index (χ3n) is 2.86. The zero-order chi connectivity index (χ0) is 11.1. The lowest BCUT2D eigenvalue weighted by Crippen LogP contribution is -2.31. The predicted molar refractivity (Wildman–Crippen MR) is 60.9 cm³/mol. The first kappa shape index (κ1) is 12.9. The summed E-state index contributed by atoms with van der Waals surface area (Å²) in [7, 11) is 3.88. The number of methoxy groups -OCH3 is 1. The number of nitrogens with zero attached hydrogens (tertiary/aromatic N) is 1. The molecule has 1 saturated heterocycles. The van der Waals surface area contributed by atoms with E-state index in [1.807, 2.05) is 0 Å². The SMILES string of the molecule is COCCCN(C)CC1CCC(CN)O1. The van der Waals surface area contributed by atoms with Crippen molar-refractivity contribution in [3.05, 3.63) is 0 Å². The Labute approximate surface area is 92.7 Å². The Morgan fingerprint density at radius 3 is 2.73 bits per heavy atom. The normalized spacial score (nSPS) is 26.4. The summed E-state index contributed by atoms with van der Waals surface area (Å²) in [4.78, 5) is 2.31. The Morgan fingerprint density at radius 1 is 1.40 bits per heavy atom. The maximum absolute atomic E-state index is 5.79. The van der Waals surface area contributed by atoms with Crippen LogP contribution in [-0.4, -0.2) is 57.5 Å². The second-order valence-electron chi connectivity index (χ2n) is 4.30. The molecule has 90 valence electrons. The van der Waals surface area contributed by atoms with Gasteiger partial charge in [0.05, 0.1) is 12.2 Å². The minimum atomic E-state index is 0.294. The molecule has 1 heterocycles. The van der Waals surface area contributed by atoms with Gasteiger partial charge in [0.1, 0.15) is 0 Å². The molecule has 1 aliphatic heterocycles. The molecule has 0 aromatic rings. The number of nitrogens with two attached hydrogens (primary N) is 1. The van der Waals surface area contributed by atoms with Crippen molar-refractivity contribution in [2.24, 2.45) is 5.73 Å². The van der Waals surface area contributed by atoms with Crippen LogP contribution in [0.2, 0.25) is 0 Å². The van der Waals surface area contributed by atoms with Gasteiger partial charge in [-0.3, -0.25) is 0 Å². The van der Waals surface area contributed by atoms with Gasteiger partial charge in [-0.05, 0) is 26.3 Å². The van der Waals surface area contributed by atoms with Crippen molar-refractivity contribution in [3.8, 4) is 0 Å². The van der Waals surface area contributed by atoms with Gasteiger partial charge in [0.25, 0.3) is 0 Å². The molecule has 2 atom stereocenters. The zero-order valence-corrected chi connectivity index (χ0v) is 9.95. The molecular weight excluding hydrogens is 192 g/mol. The first-order valence-electron chi connectivity index (χ1n) is 5.79. The quantitative estimate of drug-likeness (QED) is 0.628. The maximum atomic E-state index is 5.79. The van der Waals surface area contributed by atoms with Crippen molar-refractivity contribution in [1.29, 1.82) is 0 Å². The van der Waals surface area contributed by atoms with E-state index in [1.54, 1.807) is 7.11 Å². The smallest absolute Gasteiger partial charge is 0.0707 e. The molecule has 0 spiro atoms. The maximum Gasteiger partial charge on any atom is 0.0707 e. The average molecular weight is 216 g/mol. The van der Waals surface area contributed by atoms with Crippen LogP contribution in [0, 0.1) is 0 Å². The zero-order valence-electron chi connectivity index (χ0n) is 9.95. The van der Waals surface area contributed by atoms with Crippen molar-refractivity contribution in [2.75, 3.05) is 40.4 Å². The number of ether oxygens (including phenoxy) is 2. The van der Waals surface area contributed by atoms with Gasteiger partial charge in [-0.2, -0.15) is 0 Å². The molecule has 1 rings (SSSR count). The molecule has 0 aromatic heterocycles. The number of likely N-dealkylation sites (N-methyl/N-ethyl adjacent to an activating group) is 1. The molecule has 0 aliphatic carbocycles. The molecule has 4 heteroatoms. The highest BCUT2D eigenvalue weighted by Gasteiger charge is 2.24. The predicted octanol–water partition coefficient (Wildman–Crippen LogP) is 0.461. The van der Waals surface area contributed by atoms with E-state index in [2.05, 4.69) is 11.9 Å². The fourth-order valence-electron chi connectivity index (χ4n) is 2.01. The molecule has 0 bridgehead atoms. The van der Waals surface area contributed by atoms with E-state index in [0.29, 0.717) is 18.8 Å². The van der Waals surface area contributed by atoms with E-state index >= 15 is 0 Å². The Hall–Kier alpha value is -0.160. The van der Waals surface area contributed by atoms with E-state index in [9.17, 15) is 0 Å². The van der Waals surface area contributed by atoms with Crippen molar-refractivity contribution >= 4 is 0 Å². The van der Waals surface area contributed by atoms with Crippen LogP contribution in [-0.2, 0) is 9.47 Å². The third-order valence-corrected chi connectivity index (χ3v) is 2.86. The summed E-state index contributed by atoms with van der Waals surface area (Å²) >= 11 is 0. The third kappa shape index (κ3) is 4.93. The minimum absolute atomic E-state index is 0.294. The van der Waals surface area contributed by atoms with E-state index < -0.39 is 0 Å². The fraction of sp³-hybridized carbons (Fsp3) is 1.00. The average Bonchev–Trinajstić information content (AvgIpc) is 2.66. The van der Waals surface area contributed by atoms with Crippen LogP contribution < -0.4 is 5.73 Å². The lowest BCUT2D eigenvalue weighted by atomic mass is 10.2. The minimum Gasteiger partial charge on any atom is -0.385 e. The fourth-order valence-corrected chi connectivity index (χ4v) is 2.01. The summed E-state index contributed by atoms with van der Waals surface area (Å²) in [5.41, 5.74) is 5.57. The summed E-state index contributed by atoms with van der Waals surface area (Å²) in [6.45, 7) is 3.58. The summed E-state index contributed by atoms with van der Waals surface area (Å²) in [6, 6.07) is 0. The standard InChI is InChI=1S/C11H24N2O2/c1-13(6-3-7-14-2)9-11-5-4-10(8-12)15-11/h10-11H,3-9,12H2,1-2H3. The molecule has 4 nitrogen and oxygen atoms in total. The van der Waals surface area contributed by atoms with Gasteiger partial charge >= 0.3 is 0 Å². The van der Waals surface area contributed by atoms with Crippen LogP contribution in [0.5, 0.6) is 0 Å². The number of hydrogen-bond acceptors (Lipinski definition) is 4. The van der Waals surface area contributed by atoms with Gasteiger partial charge in [-0.1, -0.05) is 0 Å². The van der Waals surface area contributed by atoms with Gasteiger partial charge in [-0.15, -0.1) is 0 Å². The summed E-state index contributed by atoms with van der Waals surface area (Å²) in [5, 5.41) is 0. The van der Waals surface area contributed by atoms with Crippen LogP contribution >= 0.6 is 0 Å². The number of rotatable bonds is 7. The van der Waals surface area contributed by atoms with Crippen LogP contribution in [0.25, 0.3) is 0 Å². The molecule has 0 amide bonds. The Bertz CT molecular complexity index is 167. The lowest BCUT2D eigenvalue weighted by Gasteiger charge is -2.21. The van der Waals surface area contributed by atoms with Gasteiger partial charge in [0.15, 0.2) is 0 Å². The van der Waals surface area contributed by atoms with E-state index in [1.165, 1.54) is 0 Å². The molecule has 15 heavy (non-hydrogen) atoms. The van der Waals surface area contributed by atoms with Crippen LogP contribution in [0.1, 0.15) is 19.3 Å². The van der Waals surface area contributed by atoms with Crippen molar-refractivity contribution in [3.63, 3.8) is 0 Å². The summed E-state index contributed by atoms with van der Waals surface area (Å²) < 4.78 is 10.8. The molecular formula is C11H24N2O2. The first-order chi connectivity index (χ1) is 7.26. The largest absolute Gasteiger partial charge is 0.385 e. The molecule has 0 saturated carbocycles. The van der Waals surface area contributed by atoms with Gasteiger partial charge in [0.2, 0.25) is 0 Å². The molecule has 0 radical (unpaired) electrons. The van der Waals surface area contributed by atoms with E-state index in [-0.39, 0.29) is 0 Å². The van der Waals surface area contributed by atoms with Crippen molar-refractivity contribution in [2.45, 2.75) is 31.5 Å². The van der Waals surface area contributed by atoms with Crippen LogP contribution in [0.15, 0.2) is 0 Å². The summed E-state index contributed by atoms with van der Waals surface area (Å²) in [5.74, 6) is 0. The highest BCUT2D eigenvalue weighted by atomic mass is 16.5. The van der Waals surface area contributed by atoms with E-state index in [0.717, 1.165) is 39.0 Å². The van der Waals surface area contributed by atoms with Gasteiger partial charge in [-0.25, -0.2) is 0 Å². The Kier molecular flexibility index (Phi) is 6.17. The second-order valence-corrected chi connectivity index (χ2v) is 4.30. The van der Waals surface area contributed by atoms with Crippen LogP contribution in [0.3, 0.4) is 0 Å². The molecule has 2 unspecified atom stereocenters. The lowest BCUT2D eigenvalue weighted by molar-refractivity contribution is 0.0306. The molecule has 2 N–H and O–H groups in total. The summed E-state index contributed by atoms with van der Waals surface area (Å²) in [6.07, 6.45) is 4.03. The monoisotopic (exact) mass is 216 g/mol. The van der Waals surface area contributed by atoms with Gasteiger partial charge in [0, 0.05) is 33.4 Å². The highest BCUT2D eigenvalue weighted by Crippen LogP contribution is 2.19. The van der Waals surface area contributed by atoms with Crippen molar-refractivity contribution < 1.29 is 9.47 Å². The van der Waals surface area contributed by atoms with Crippen molar-refractivity contribution in [1.82, 2.24) is 4.90 Å². The van der Waals surface area contributed by atoms with Crippen LogP contribution in [0.4, 0.5) is 0 Å². The Balaban J connectivity index is 2.07.